The lowest BCUT2D eigenvalue weighted by Crippen LogP contribution is -2.28. The zero-order valence-electron chi connectivity index (χ0n) is 13.2. The molecule has 0 atom stereocenters. The maximum atomic E-state index is 12.1. The van der Waals surface area contributed by atoms with Gasteiger partial charge in [-0.1, -0.05) is 23.8 Å². The zero-order valence-corrected chi connectivity index (χ0v) is 14.1. The second-order valence-electron chi connectivity index (χ2n) is 5.35. The van der Waals surface area contributed by atoms with Gasteiger partial charge < -0.3 is 4.90 Å². The first-order valence-corrected chi connectivity index (χ1v) is 7.77. The van der Waals surface area contributed by atoms with Gasteiger partial charge in [0, 0.05) is 32.1 Å². The van der Waals surface area contributed by atoms with Crippen molar-refractivity contribution < 1.29 is 4.79 Å². The second kappa shape index (κ2) is 7.70. The van der Waals surface area contributed by atoms with Crippen LogP contribution in [0.15, 0.2) is 24.3 Å². The SMILES string of the molecule is Cc1cccc(-c2n[nH]c(=S)n2CCC(=O)N(C)CCC#N)c1. The molecule has 0 radical (unpaired) electrons. The Kier molecular flexibility index (Phi) is 5.66. The molecule has 1 amide bonds. The number of benzene rings is 1. The Bertz CT molecular complexity index is 786. The molecule has 0 saturated carbocycles. The van der Waals surface area contributed by atoms with E-state index in [1.807, 2.05) is 41.8 Å². The van der Waals surface area contributed by atoms with Crippen LogP contribution in [0.3, 0.4) is 0 Å². The number of aromatic nitrogens is 3. The van der Waals surface area contributed by atoms with Gasteiger partial charge in [0.1, 0.15) is 0 Å². The molecule has 1 aromatic heterocycles. The van der Waals surface area contributed by atoms with Crippen molar-refractivity contribution in [2.45, 2.75) is 26.3 Å². The molecule has 7 heteroatoms. The molecule has 1 heterocycles. The molecule has 1 aromatic carbocycles. The highest BCUT2D eigenvalue weighted by Crippen LogP contribution is 2.19. The van der Waals surface area contributed by atoms with Crippen molar-refractivity contribution in [3.8, 4) is 17.5 Å². The van der Waals surface area contributed by atoms with E-state index in [0.29, 0.717) is 30.7 Å². The van der Waals surface area contributed by atoms with Crippen LogP contribution in [0.25, 0.3) is 11.4 Å². The van der Waals surface area contributed by atoms with Crippen molar-refractivity contribution in [2.75, 3.05) is 13.6 Å². The van der Waals surface area contributed by atoms with Gasteiger partial charge in [0.05, 0.1) is 12.5 Å². The number of carbonyl (C=O) groups is 1. The first-order chi connectivity index (χ1) is 11.0. The molecule has 0 fully saturated rings. The highest BCUT2D eigenvalue weighted by atomic mass is 32.1. The normalized spacial score (nSPS) is 10.3. The van der Waals surface area contributed by atoms with E-state index in [4.69, 9.17) is 17.5 Å². The molecule has 0 bridgehead atoms. The van der Waals surface area contributed by atoms with Gasteiger partial charge in [0.25, 0.3) is 0 Å². The van der Waals surface area contributed by atoms with E-state index in [-0.39, 0.29) is 5.91 Å². The lowest BCUT2D eigenvalue weighted by Gasteiger charge is -2.15. The summed E-state index contributed by atoms with van der Waals surface area (Å²) in [5.74, 6) is 0.713. The fourth-order valence-electron chi connectivity index (χ4n) is 2.27. The minimum atomic E-state index is -0.0152. The lowest BCUT2D eigenvalue weighted by molar-refractivity contribution is -0.130. The third-order valence-corrected chi connectivity index (χ3v) is 3.88. The van der Waals surface area contributed by atoms with Gasteiger partial charge in [-0.25, -0.2) is 0 Å². The largest absolute Gasteiger partial charge is 0.345 e. The molecule has 2 aromatic rings. The van der Waals surface area contributed by atoms with Crippen LogP contribution >= 0.6 is 12.2 Å². The number of hydrogen-bond acceptors (Lipinski definition) is 4. The van der Waals surface area contributed by atoms with Gasteiger partial charge in [-0.3, -0.25) is 14.5 Å². The number of nitriles is 1. The van der Waals surface area contributed by atoms with E-state index in [1.54, 1.807) is 11.9 Å². The average molecular weight is 329 g/mol. The van der Waals surface area contributed by atoms with E-state index in [9.17, 15) is 4.79 Å². The fourth-order valence-corrected chi connectivity index (χ4v) is 2.49. The summed E-state index contributed by atoms with van der Waals surface area (Å²) in [6.45, 7) is 2.91. The van der Waals surface area contributed by atoms with Crippen LogP contribution in [0.4, 0.5) is 0 Å². The van der Waals surface area contributed by atoms with Gasteiger partial charge in [-0.15, -0.1) is 0 Å². The average Bonchev–Trinajstić information content (AvgIpc) is 2.91. The molecule has 120 valence electrons. The molecule has 23 heavy (non-hydrogen) atoms. The van der Waals surface area contributed by atoms with Crippen LogP contribution in [0, 0.1) is 23.0 Å². The molecule has 0 aliphatic heterocycles. The molecular formula is C16H19N5OS. The maximum Gasteiger partial charge on any atom is 0.224 e. The smallest absolute Gasteiger partial charge is 0.224 e. The Labute approximate surface area is 140 Å². The summed E-state index contributed by atoms with van der Waals surface area (Å²) in [5.41, 5.74) is 2.10. The lowest BCUT2D eigenvalue weighted by atomic mass is 10.1. The third-order valence-electron chi connectivity index (χ3n) is 3.57. The van der Waals surface area contributed by atoms with E-state index < -0.39 is 0 Å². The Morgan fingerprint density at radius 3 is 3.00 bits per heavy atom. The van der Waals surface area contributed by atoms with Crippen molar-refractivity contribution in [3.63, 3.8) is 0 Å². The van der Waals surface area contributed by atoms with E-state index >= 15 is 0 Å². The molecule has 0 aliphatic carbocycles. The molecule has 0 unspecified atom stereocenters. The summed E-state index contributed by atoms with van der Waals surface area (Å²) in [6, 6.07) is 10.0. The van der Waals surface area contributed by atoms with Crippen molar-refractivity contribution in [1.82, 2.24) is 19.7 Å². The number of rotatable bonds is 6. The summed E-state index contributed by atoms with van der Waals surface area (Å²) in [4.78, 5) is 13.7. The molecule has 1 N–H and O–H groups in total. The number of aryl methyl sites for hydroxylation is 1. The number of aromatic amines is 1. The summed E-state index contributed by atoms with van der Waals surface area (Å²) < 4.78 is 2.33. The highest BCUT2D eigenvalue weighted by molar-refractivity contribution is 7.71. The van der Waals surface area contributed by atoms with Gasteiger partial charge in [-0.2, -0.15) is 10.4 Å². The number of hydrogen-bond donors (Lipinski definition) is 1. The molecular weight excluding hydrogens is 310 g/mol. The summed E-state index contributed by atoms with van der Waals surface area (Å²) in [7, 11) is 1.70. The predicted molar refractivity (Wildman–Crippen MR) is 90.1 cm³/mol. The molecule has 0 saturated heterocycles. The number of H-pyrrole nitrogens is 1. The van der Waals surface area contributed by atoms with Crippen LogP contribution in [0.1, 0.15) is 18.4 Å². The van der Waals surface area contributed by atoms with Gasteiger partial charge in [-0.05, 0) is 25.2 Å². The Morgan fingerprint density at radius 2 is 2.30 bits per heavy atom. The van der Waals surface area contributed by atoms with Crippen LogP contribution in [0.2, 0.25) is 0 Å². The van der Waals surface area contributed by atoms with E-state index in [0.717, 1.165) is 17.0 Å². The Hall–Kier alpha value is -2.46. The van der Waals surface area contributed by atoms with E-state index in [2.05, 4.69) is 10.2 Å². The van der Waals surface area contributed by atoms with Crippen LogP contribution in [-0.2, 0) is 11.3 Å². The number of nitrogens with one attached hydrogen (secondary N) is 1. The van der Waals surface area contributed by atoms with Crippen molar-refractivity contribution in [2.24, 2.45) is 0 Å². The fraction of sp³-hybridized carbons (Fsp3) is 0.375. The van der Waals surface area contributed by atoms with Crippen molar-refractivity contribution in [3.05, 3.63) is 34.6 Å². The van der Waals surface area contributed by atoms with Crippen LogP contribution in [-0.4, -0.2) is 39.2 Å². The number of carbonyl (C=O) groups excluding carboxylic acids is 1. The predicted octanol–water partition coefficient (Wildman–Crippen LogP) is 2.68. The summed E-state index contributed by atoms with van der Waals surface area (Å²) in [5, 5.41) is 15.6. The third kappa shape index (κ3) is 4.27. The van der Waals surface area contributed by atoms with Gasteiger partial charge in [0.2, 0.25) is 5.91 Å². The quantitative estimate of drug-likeness (QED) is 0.827. The van der Waals surface area contributed by atoms with Crippen molar-refractivity contribution >= 4 is 18.1 Å². The second-order valence-corrected chi connectivity index (χ2v) is 5.73. The summed E-state index contributed by atoms with van der Waals surface area (Å²) >= 11 is 5.27. The number of amides is 1. The Balaban J connectivity index is 2.12. The zero-order chi connectivity index (χ0) is 16.8. The summed E-state index contributed by atoms with van der Waals surface area (Å²) in [6.07, 6.45) is 0.649. The van der Waals surface area contributed by atoms with Crippen LogP contribution < -0.4 is 0 Å². The van der Waals surface area contributed by atoms with Crippen LogP contribution in [0.5, 0.6) is 0 Å². The number of nitrogens with zero attached hydrogens (tertiary/aromatic N) is 4. The first kappa shape index (κ1) is 16.9. The first-order valence-electron chi connectivity index (χ1n) is 7.36. The maximum absolute atomic E-state index is 12.1. The Morgan fingerprint density at radius 1 is 1.52 bits per heavy atom. The molecule has 2 rings (SSSR count). The van der Waals surface area contributed by atoms with Gasteiger partial charge >= 0.3 is 0 Å². The molecule has 6 nitrogen and oxygen atoms in total. The van der Waals surface area contributed by atoms with E-state index in [1.165, 1.54) is 0 Å². The highest BCUT2D eigenvalue weighted by Gasteiger charge is 2.13. The topological polar surface area (TPSA) is 77.7 Å². The monoisotopic (exact) mass is 329 g/mol. The molecule has 0 aliphatic rings. The molecule has 0 spiro atoms. The van der Waals surface area contributed by atoms with Gasteiger partial charge in [0.15, 0.2) is 10.6 Å². The minimum Gasteiger partial charge on any atom is -0.345 e. The standard InChI is InChI=1S/C16H19N5OS/c1-12-5-3-6-13(11-12)15-18-19-16(23)21(15)10-7-14(22)20(2)9-4-8-17/h3,5-6,11H,4,7,9-10H2,1-2H3,(H,19,23). The minimum absolute atomic E-state index is 0.0152. The van der Waals surface area contributed by atoms with Crippen molar-refractivity contribution in [1.29, 1.82) is 5.26 Å².